The van der Waals surface area contributed by atoms with Gasteiger partial charge in [-0.1, -0.05) is 45.2 Å². The van der Waals surface area contributed by atoms with Crippen molar-refractivity contribution in [3.8, 4) is 5.75 Å². The van der Waals surface area contributed by atoms with E-state index in [4.69, 9.17) is 4.74 Å². The number of aromatic nitrogens is 1. The van der Waals surface area contributed by atoms with E-state index in [-0.39, 0.29) is 30.0 Å². The third-order valence-corrected chi connectivity index (χ3v) is 8.66. The van der Waals surface area contributed by atoms with Crippen LogP contribution in [0, 0.1) is 11.6 Å². The molecule has 1 saturated carbocycles. The molecule has 0 saturated heterocycles. The summed E-state index contributed by atoms with van der Waals surface area (Å²) < 4.78 is 33.7. The summed E-state index contributed by atoms with van der Waals surface area (Å²) in [6, 6.07) is 11.6. The van der Waals surface area contributed by atoms with Crippen LogP contribution >= 0.6 is 0 Å². The molecule has 2 atom stereocenters. The van der Waals surface area contributed by atoms with Crippen molar-refractivity contribution in [2.75, 3.05) is 26.7 Å². The Balaban J connectivity index is 1.57. The van der Waals surface area contributed by atoms with E-state index in [1.54, 1.807) is 12.0 Å². The fourth-order valence-corrected chi connectivity index (χ4v) is 6.32. The first-order valence-corrected chi connectivity index (χ1v) is 16.3. The molecule has 3 N–H and O–H groups in total. The summed E-state index contributed by atoms with van der Waals surface area (Å²) in [6.07, 6.45) is 8.10. The van der Waals surface area contributed by atoms with Crippen LogP contribution in [0.5, 0.6) is 5.75 Å². The summed E-state index contributed by atoms with van der Waals surface area (Å²) in [4.78, 5) is 32.6. The number of aliphatic hydroxyl groups is 1. The molecule has 0 bridgehead atoms. The molecule has 0 radical (unpaired) electrons. The van der Waals surface area contributed by atoms with Gasteiger partial charge in [-0.25, -0.2) is 8.78 Å². The Kier molecular flexibility index (Phi) is 12.6. The van der Waals surface area contributed by atoms with E-state index in [1.807, 2.05) is 38.1 Å². The first-order chi connectivity index (χ1) is 22.2. The fraction of sp³-hybridized carbons (Fsp3) is 0.472. The van der Waals surface area contributed by atoms with Crippen molar-refractivity contribution < 1.29 is 28.2 Å². The van der Waals surface area contributed by atoms with E-state index in [2.05, 4.69) is 15.6 Å². The lowest BCUT2D eigenvalue weighted by Crippen LogP contribution is -2.53. The van der Waals surface area contributed by atoms with E-state index in [9.17, 15) is 23.5 Å². The monoisotopic (exact) mass is 636 g/mol. The molecule has 1 aliphatic carbocycles. The Labute approximate surface area is 270 Å². The number of halogens is 2. The van der Waals surface area contributed by atoms with Crippen LogP contribution in [0.1, 0.15) is 90.6 Å². The number of rotatable bonds is 15. The van der Waals surface area contributed by atoms with Crippen LogP contribution in [0.25, 0.3) is 0 Å². The predicted molar refractivity (Wildman–Crippen MR) is 174 cm³/mol. The lowest BCUT2D eigenvalue weighted by atomic mass is 9.76. The molecular weight excluding hydrogens is 590 g/mol. The first kappa shape index (κ1) is 35.0. The highest BCUT2D eigenvalue weighted by molar-refractivity contribution is 5.99. The first-order valence-electron chi connectivity index (χ1n) is 16.3. The molecule has 4 rings (SSSR count). The van der Waals surface area contributed by atoms with Gasteiger partial charge in [0.2, 0.25) is 0 Å². The van der Waals surface area contributed by atoms with Gasteiger partial charge in [-0.15, -0.1) is 0 Å². The number of pyridine rings is 1. The van der Waals surface area contributed by atoms with Crippen LogP contribution in [0.15, 0.2) is 60.9 Å². The predicted octanol–water partition coefficient (Wildman–Crippen LogP) is 5.78. The van der Waals surface area contributed by atoms with E-state index in [0.29, 0.717) is 18.7 Å². The van der Waals surface area contributed by atoms with E-state index < -0.39 is 35.2 Å². The van der Waals surface area contributed by atoms with Crippen LogP contribution in [0.3, 0.4) is 0 Å². The van der Waals surface area contributed by atoms with Gasteiger partial charge in [-0.2, -0.15) is 0 Å². The van der Waals surface area contributed by atoms with Crippen molar-refractivity contribution in [1.29, 1.82) is 0 Å². The highest BCUT2D eigenvalue weighted by Crippen LogP contribution is 2.38. The van der Waals surface area contributed by atoms with Crippen molar-refractivity contribution in [3.05, 3.63) is 94.8 Å². The topological polar surface area (TPSA) is 104 Å². The average Bonchev–Trinajstić information content (AvgIpc) is 3.06. The highest BCUT2D eigenvalue weighted by atomic mass is 19.1. The third kappa shape index (κ3) is 9.10. The summed E-state index contributed by atoms with van der Waals surface area (Å²) in [5.74, 6) is -1.51. The molecule has 1 heterocycles. The zero-order valence-electron chi connectivity index (χ0n) is 27.0. The molecule has 248 valence electrons. The SMILES string of the molecule is CCCN(CCC)C(=O)c1cncc(C(=O)N[C@@H](Cc2cc(F)cc(F)c2)[C@H](O)CNC2(c3cccc(OC)c3)CCCCC2)c1. The second-order valence-electron chi connectivity index (χ2n) is 12.1. The van der Waals surface area contributed by atoms with Gasteiger partial charge in [-0.05, 0) is 73.6 Å². The molecule has 0 unspecified atom stereocenters. The van der Waals surface area contributed by atoms with Crippen molar-refractivity contribution >= 4 is 11.8 Å². The van der Waals surface area contributed by atoms with Crippen molar-refractivity contribution in [3.63, 3.8) is 0 Å². The number of nitrogens with zero attached hydrogens (tertiary/aromatic N) is 2. The molecule has 3 aromatic rings. The lowest BCUT2D eigenvalue weighted by Gasteiger charge is -2.40. The quantitative estimate of drug-likeness (QED) is 0.195. The van der Waals surface area contributed by atoms with Crippen molar-refractivity contribution in [1.82, 2.24) is 20.5 Å². The average molecular weight is 637 g/mol. The van der Waals surface area contributed by atoms with Gasteiger partial charge in [-0.3, -0.25) is 14.6 Å². The number of hydrogen-bond donors (Lipinski definition) is 3. The Morgan fingerprint density at radius 2 is 1.65 bits per heavy atom. The number of carbonyl (C=O) groups is 2. The molecule has 0 aliphatic heterocycles. The second-order valence-corrected chi connectivity index (χ2v) is 12.1. The van der Waals surface area contributed by atoms with Gasteiger partial charge < -0.3 is 25.4 Å². The zero-order valence-corrected chi connectivity index (χ0v) is 27.0. The Hall–Kier alpha value is -3.89. The van der Waals surface area contributed by atoms with Crippen LogP contribution in [0.4, 0.5) is 8.78 Å². The third-order valence-electron chi connectivity index (χ3n) is 8.66. The number of hydrogen-bond acceptors (Lipinski definition) is 6. The number of benzene rings is 2. The van der Waals surface area contributed by atoms with Gasteiger partial charge in [0, 0.05) is 43.6 Å². The lowest BCUT2D eigenvalue weighted by molar-refractivity contribution is 0.0755. The van der Waals surface area contributed by atoms with Gasteiger partial charge in [0.25, 0.3) is 11.8 Å². The van der Waals surface area contributed by atoms with Gasteiger partial charge in [0.15, 0.2) is 0 Å². The van der Waals surface area contributed by atoms with E-state index in [0.717, 1.165) is 62.3 Å². The summed E-state index contributed by atoms with van der Waals surface area (Å²) in [5.41, 5.74) is 1.38. The number of nitrogens with one attached hydrogen (secondary N) is 2. The maximum Gasteiger partial charge on any atom is 0.255 e. The van der Waals surface area contributed by atoms with Crippen molar-refractivity contribution in [2.45, 2.75) is 82.9 Å². The molecular formula is C36H46F2N4O4. The minimum atomic E-state index is -1.12. The van der Waals surface area contributed by atoms with Crippen LogP contribution < -0.4 is 15.4 Å². The molecule has 1 fully saturated rings. The minimum absolute atomic E-state index is 0.0255. The number of aliphatic hydroxyl groups excluding tert-OH is 1. The number of ether oxygens (including phenoxy) is 1. The number of methoxy groups -OCH3 is 1. The van der Waals surface area contributed by atoms with Crippen LogP contribution in [-0.2, 0) is 12.0 Å². The normalized spacial score (nSPS) is 15.5. The summed E-state index contributed by atoms with van der Waals surface area (Å²) in [6.45, 7) is 5.28. The Morgan fingerprint density at radius 3 is 2.30 bits per heavy atom. The Bertz CT molecular complexity index is 1440. The van der Waals surface area contributed by atoms with Crippen molar-refractivity contribution in [2.24, 2.45) is 0 Å². The van der Waals surface area contributed by atoms with Gasteiger partial charge >= 0.3 is 0 Å². The fourth-order valence-electron chi connectivity index (χ4n) is 6.32. The van der Waals surface area contributed by atoms with E-state index in [1.165, 1.54) is 30.6 Å². The number of carbonyl (C=O) groups excluding carboxylic acids is 2. The zero-order chi connectivity index (χ0) is 33.1. The molecule has 2 aromatic carbocycles. The molecule has 1 aliphatic rings. The Morgan fingerprint density at radius 1 is 0.978 bits per heavy atom. The smallest absolute Gasteiger partial charge is 0.255 e. The molecule has 2 amide bonds. The summed E-state index contributed by atoms with van der Waals surface area (Å²) in [7, 11) is 1.62. The largest absolute Gasteiger partial charge is 0.497 e. The summed E-state index contributed by atoms with van der Waals surface area (Å²) in [5, 5.41) is 18.0. The second kappa shape index (κ2) is 16.6. The highest BCUT2D eigenvalue weighted by Gasteiger charge is 2.35. The molecule has 8 nitrogen and oxygen atoms in total. The van der Waals surface area contributed by atoms with Crippen LogP contribution in [0.2, 0.25) is 0 Å². The molecule has 0 spiro atoms. The van der Waals surface area contributed by atoms with Crippen LogP contribution in [-0.4, -0.2) is 65.7 Å². The maximum atomic E-state index is 14.1. The molecule has 46 heavy (non-hydrogen) atoms. The molecule has 10 heteroatoms. The standard InChI is InChI=1S/C36H46F2N4O4/c1-4-14-42(15-5-2)35(45)27-19-26(22-39-23-27)34(44)41-32(18-25-16-29(37)21-30(38)17-25)33(43)24-40-36(12-7-6-8-13-36)28-10-9-11-31(20-28)46-3/h9-11,16-17,19-23,32-33,40,43H,4-8,12-15,18,24H2,1-3H3,(H,41,44)/t32-,33+/m0/s1. The summed E-state index contributed by atoms with van der Waals surface area (Å²) >= 11 is 0. The number of amides is 2. The van der Waals surface area contributed by atoms with Gasteiger partial charge in [0.1, 0.15) is 17.4 Å². The van der Waals surface area contributed by atoms with E-state index >= 15 is 0 Å². The molecule has 1 aromatic heterocycles. The van der Waals surface area contributed by atoms with Gasteiger partial charge in [0.05, 0.1) is 30.4 Å². The maximum absolute atomic E-state index is 14.1. The minimum Gasteiger partial charge on any atom is -0.497 e.